The van der Waals surface area contributed by atoms with Gasteiger partial charge in [-0.1, -0.05) is 42.5 Å². The summed E-state index contributed by atoms with van der Waals surface area (Å²) in [5.74, 6) is -1.50. The molecule has 4 rings (SSSR count). The second-order valence-electron chi connectivity index (χ2n) is 8.37. The Balaban J connectivity index is 1.49. The van der Waals surface area contributed by atoms with Crippen LogP contribution in [-0.2, 0) is 42.1 Å². The molecule has 0 atom stereocenters. The van der Waals surface area contributed by atoms with Crippen LogP contribution in [0.1, 0.15) is 44.0 Å². The molecule has 0 saturated heterocycles. The number of rotatable bonds is 7. The number of carboxylic acids is 1. The number of aromatic nitrogens is 1. The highest BCUT2D eigenvalue weighted by atomic mass is 16.6. The lowest BCUT2D eigenvalue weighted by Crippen LogP contribution is -2.38. The van der Waals surface area contributed by atoms with Crippen LogP contribution in [0.4, 0.5) is 4.79 Å². The highest BCUT2D eigenvalue weighted by Crippen LogP contribution is 2.24. The summed E-state index contributed by atoms with van der Waals surface area (Å²) in [6, 6.07) is 19.9. The molecular weight excluding hydrogens is 460 g/mol. The normalized spacial score (nSPS) is 12.2. The fourth-order valence-corrected chi connectivity index (χ4v) is 4.00. The van der Waals surface area contributed by atoms with Crippen molar-refractivity contribution >= 4 is 18.0 Å². The van der Waals surface area contributed by atoms with Gasteiger partial charge in [0.05, 0.1) is 23.7 Å². The Kier molecular flexibility index (Phi) is 7.56. The van der Waals surface area contributed by atoms with E-state index in [9.17, 15) is 19.5 Å². The first-order chi connectivity index (χ1) is 17.4. The van der Waals surface area contributed by atoms with Crippen molar-refractivity contribution in [1.29, 1.82) is 5.26 Å². The van der Waals surface area contributed by atoms with Gasteiger partial charge in [0, 0.05) is 19.6 Å². The van der Waals surface area contributed by atoms with Gasteiger partial charge < -0.3 is 20.1 Å². The molecule has 0 radical (unpaired) electrons. The first-order valence-corrected chi connectivity index (χ1v) is 11.4. The third-order valence-electron chi connectivity index (χ3n) is 5.81. The zero-order valence-electron chi connectivity index (χ0n) is 19.4. The number of nitriles is 1. The van der Waals surface area contributed by atoms with Gasteiger partial charge in [-0.2, -0.15) is 5.26 Å². The maximum Gasteiger partial charge on any atom is 0.410 e. The number of pyridine rings is 1. The molecule has 1 aromatic heterocycles. The number of carbonyl (C=O) groups is 3. The zero-order valence-corrected chi connectivity index (χ0v) is 19.4. The quantitative estimate of drug-likeness (QED) is 0.526. The maximum absolute atomic E-state index is 13.0. The molecule has 1 aliphatic heterocycles. The van der Waals surface area contributed by atoms with Crippen molar-refractivity contribution in [3.8, 4) is 6.07 Å². The molecule has 1 aliphatic rings. The summed E-state index contributed by atoms with van der Waals surface area (Å²) in [5.41, 5.74) is 3.97. The van der Waals surface area contributed by atoms with E-state index in [1.807, 2.05) is 36.4 Å². The maximum atomic E-state index is 13.0. The van der Waals surface area contributed by atoms with Crippen LogP contribution in [-0.4, -0.2) is 39.5 Å². The molecule has 36 heavy (non-hydrogen) atoms. The van der Waals surface area contributed by atoms with Crippen LogP contribution in [0.5, 0.6) is 0 Å². The van der Waals surface area contributed by atoms with Crippen molar-refractivity contribution in [2.75, 3.05) is 6.54 Å². The second kappa shape index (κ2) is 11.1. The molecule has 3 aromatic rings. The molecule has 2 heterocycles. The molecular formula is C27H24N4O5. The standard InChI is InChI=1S/C27H24N4O5/c28-14-18-6-8-19(9-7-18)15-29-26(34)25-23-10-11-31(16-21(23)12-22(30-25)13-24(32)33)27(35)36-17-20-4-2-1-3-5-20/h1-9,12H,10-11,13,15-17H2,(H,29,34)(H,32,33). The third-order valence-corrected chi connectivity index (χ3v) is 5.81. The first kappa shape index (κ1) is 24.4. The van der Waals surface area contributed by atoms with Gasteiger partial charge in [-0.3, -0.25) is 9.59 Å². The number of nitrogens with one attached hydrogen (secondary N) is 1. The van der Waals surface area contributed by atoms with Crippen molar-refractivity contribution in [3.63, 3.8) is 0 Å². The average Bonchev–Trinajstić information content (AvgIpc) is 2.90. The lowest BCUT2D eigenvalue weighted by Gasteiger charge is -2.29. The molecule has 0 spiro atoms. The Morgan fingerprint density at radius 3 is 2.53 bits per heavy atom. The van der Waals surface area contributed by atoms with Gasteiger partial charge in [0.2, 0.25) is 0 Å². The van der Waals surface area contributed by atoms with Gasteiger partial charge in [0.15, 0.2) is 0 Å². The van der Waals surface area contributed by atoms with Gasteiger partial charge in [0.1, 0.15) is 12.3 Å². The van der Waals surface area contributed by atoms with Crippen molar-refractivity contribution < 1.29 is 24.2 Å². The van der Waals surface area contributed by atoms with Crippen LogP contribution in [0.15, 0.2) is 60.7 Å². The van der Waals surface area contributed by atoms with Gasteiger partial charge in [-0.15, -0.1) is 0 Å². The summed E-state index contributed by atoms with van der Waals surface area (Å²) in [7, 11) is 0. The predicted octanol–water partition coefficient (Wildman–Crippen LogP) is 3.21. The third kappa shape index (κ3) is 6.04. The highest BCUT2D eigenvalue weighted by Gasteiger charge is 2.27. The van der Waals surface area contributed by atoms with E-state index < -0.39 is 18.0 Å². The summed E-state index contributed by atoms with van der Waals surface area (Å²) < 4.78 is 5.44. The number of benzene rings is 2. The molecule has 2 aromatic carbocycles. The number of carboxylic acid groups (broad SMARTS) is 1. The molecule has 0 fully saturated rings. The zero-order chi connectivity index (χ0) is 25.5. The SMILES string of the molecule is N#Cc1ccc(CNC(=O)c2nc(CC(=O)O)cc3c2CCN(C(=O)OCc2ccccc2)C3)cc1. The van der Waals surface area contributed by atoms with Crippen LogP contribution in [0, 0.1) is 11.3 Å². The number of fused-ring (bicyclic) bond motifs is 1. The first-order valence-electron chi connectivity index (χ1n) is 11.4. The van der Waals surface area contributed by atoms with E-state index in [0.717, 1.165) is 11.1 Å². The Bertz CT molecular complexity index is 1320. The van der Waals surface area contributed by atoms with Crippen molar-refractivity contribution in [1.82, 2.24) is 15.2 Å². The Hall–Kier alpha value is -4.71. The number of nitrogens with zero attached hydrogens (tertiary/aromatic N) is 3. The number of hydrogen-bond acceptors (Lipinski definition) is 6. The van der Waals surface area contributed by atoms with Gasteiger partial charge in [0.25, 0.3) is 5.91 Å². The number of ether oxygens (including phenoxy) is 1. The fourth-order valence-electron chi connectivity index (χ4n) is 4.00. The number of aliphatic carboxylic acids is 1. The van der Waals surface area contributed by atoms with Crippen LogP contribution < -0.4 is 5.32 Å². The minimum absolute atomic E-state index is 0.145. The monoisotopic (exact) mass is 484 g/mol. The smallest absolute Gasteiger partial charge is 0.410 e. The summed E-state index contributed by atoms with van der Waals surface area (Å²) in [6.45, 7) is 0.902. The highest BCUT2D eigenvalue weighted by molar-refractivity contribution is 5.94. The molecule has 0 unspecified atom stereocenters. The van der Waals surface area contributed by atoms with Crippen LogP contribution in [0.3, 0.4) is 0 Å². The molecule has 2 N–H and O–H groups in total. The topological polar surface area (TPSA) is 133 Å². The molecule has 2 amide bonds. The summed E-state index contributed by atoms with van der Waals surface area (Å²) >= 11 is 0. The molecule has 182 valence electrons. The number of carbonyl (C=O) groups excluding carboxylic acids is 2. The van der Waals surface area contributed by atoms with E-state index in [4.69, 9.17) is 10.00 Å². The summed E-state index contributed by atoms with van der Waals surface area (Å²) in [4.78, 5) is 42.9. The van der Waals surface area contributed by atoms with Crippen LogP contribution in [0.25, 0.3) is 0 Å². The van der Waals surface area contributed by atoms with E-state index in [0.29, 0.717) is 29.7 Å². The Morgan fingerprint density at radius 1 is 1.08 bits per heavy atom. The molecule has 9 nitrogen and oxygen atoms in total. The number of amides is 2. The summed E-state index contributed by atoms with van der Waals surface area (Å²) in [5, 5.41) is 21.0. The van der Waals surface area contributed by atoms with Crippen molar-refractivity contribution in [3.05, 3.63) is 99.9 Å². The lowest BCUT2D eigenvalue weighted by molar-refractivity contribution is -0.136. The van der Waals surface area contributed by atoms with E-state index >= 15 is 0 Å². The van der Waals surface area contributed by atoms with Crippen molar-refractivity contribution in [2.45, 2.75) is 32.5 Å². The predicted molar refractivity (Wildman–Crippen MR) is 129 cm³/mol. The van der Waals surface area contributed by atoms with Gasteiger partial charge >= 0.3 is 12.1 Å². The van der Waals surface area contributed by atoms with E-state index in [-0.39, 0.29) is 37.5 Å². The average molecular weight is 485 g/mol. The largest absolute Gasteiger partial charge is 0.481 e. The van der Waals surface area contributed by atoms with Crippen LogP contribution in [0.2, 0.25) is 0 Å². The van der Waals surface area contributed by atoms with Gasteiger partial charge in [-0.05, 0) is 46.9 Å². The van der Waals surface area contributed by atoms with Crippen molar-refractivity contribution in [2.24, 2.45) is 0 Å². The lowest BCUT2D eigenvalue weighted by atomic mass is 9.96. The molecule has 0 bridgehead atoms. The molecule has 9 heteroatoms. The minimum Gasteiger partial charge on any atom is -0.481 e. The number of hydrogen-bond donors (Lipinski definition) is 2. The molecule has 0 aliphatic carbocycles. The molecule has 0 saturated carbocycles. The van der Waals surface area contributed by atoms with Gasteiger partial charge in [-0.25, -0.2) is 9.78 Å². The van der Waals surface area contributed by atoms with E-state index in [1.54, 1.807) is 30.3 Å². The van der Waals surface area contributed by atoms with Crippen LogP contribution >= 0.6 is 0 Å². The Morgan fingerprint density at radius 2 is 1.83 bits per heavy atom. The fraction of sp³-hybridized carbons (Fsp3) is 0.222. The second-order valence-corrected chi connectivity index (χ2v) is 8.37. The van der Waals surface area contributed by atoms with E-state index in [1.165, 1.54) is 4.90 Å². The Labute approximate surface area is 208 Å². The van der Waals surface area contributed by atoms with E-state index in [2.05, 4.69) is 10.3 Å². The summed E-state index contributed by atoms with van der Waals surface area (Å²) in [6.07, 6.45) is -0.440. The minimum atomic E-state index is -1.07.